The maximum atomic E-state index is 14.1. The molecule has 4 nitrogen and oxygen atoms in total. The van der Waals surface area contributed by atoms with Crippen LogP contribution >= 0.6 is 0 Å². The fourth-order valence-corrected chi connectivity index (χ4v) is 3.61. The lowest BCUT2D eigenvalue weighted by Gasteiger charge is -2.18. The number of carbonyl (C=O) groups excluding carboxylic acids is 2. The van der Waals surface area contributed by atoms with E-state index in [1.54, 1.807) is 18.2 Å². The van der Waals surface area contributed by atoms with Gasteiger partial charge in [0.25, 0.3) is 5.91 Å². The van der Waals surface area contributed by atoms with Gasteiger partial charge in [0.05, 0.1) is 11.5 Å². The number of amides is 2. The van der Waals surface area contributed by atoms with Crippen molar-refractivity contribution >= 4 is 11.8 Å². The molecule has 1 aliphatic heterocycles. The van der Waals surface area contributed by atoms with Gasteiger partial charge in [-0.3, -0.25) is 9.59 Å². The molecule has 6 heteroatoms. The molecule has 2 atom stereocenters. The molecule has 1 aliphatic rings. The summed E-state index contributed by atoms with van der Waals surface area (Å²) in [6, 6.07) is 11.8. The standard InChI is InChI=1S/C22H24F2N2O2/c1-2-3-12-25-21(27)19-14-26(22(28)17-6-4-5-7-20(17)24)13-18(19)15-8-10-16(23)11-9-15/h4-11,18-19H,2-3,12-14H2,1H3,(H,25,27)/t18-,19+/m1/s1. The van der Waals surface area contributed by atoms with Crippen LogP contribution in [0.2, 0.25) is 0 Å². The third-order valence-electron chi connectivity index (χ3n) is 5.18. The largest absolute Gasteiger partial charge is 0.356 e. The summed E-state index contributed by atoms with van der Waals surface area (Å²) in [7, 11) is 0. The van der Waals surface area contributed by atoms with Crippen molar-refractivity contribution in [2.24, 2.45) is 5.92 Å². The summed E-state index contributed by atoms with van der Waals surface area (Å²) in [6.07, 6.45) is 1.84. The maximum absolute atomic E-state index is 14.1. The van der Waals surface area contributed by atoms with Gasteiger partial charge in [-0.2, -0.15) is 0 Å². The summed E-state index contributed by atoms with van der Waals surface area (Å²) < 4.78 is 27.4. The quantitative estimate of drug-likeness (QED) is 0.769. The summed E-state index contributed by atoms with van der Waals surface area (Å²) in [5.41, 5.74) is 0.785. The number of carbonyl (C=O) groups is 2. The molecule has 0 unspecified atom stereocenters. The minimum Gasteiger partial charge on any atom is -0.356 e. The number of nitrogens with one attached hydrogen (secondary N) is 1. The van der Waals surface area contributed by atoms with E-state index in [0.29, 0.717) is 6.54 Å². The number of benzene rings is 2. The zero-order chi connectivity index (χ0) is 20.1. The van der Waals surface area contributed by atoms with Crippen molar-refractivity contribution in [1.29, 1.82) is 0 Å². The van der Waals surface area contributed by atoms with Crippen LogP contribution in [0.1, 0.15) is 41.6 Å². The molecular formula is C22H24F2N2O2. The molecule has 2 aromatic carbocycles. The Morgan fingerprint density at radius 3 is 2.46 bits per heavy atom. The highest BCUT2D eigenvalue weighted by molar-refractivity contribution is 5.95. The Hall–Kier alpha value is -2.76. The highest BCUT2D eigenvalue weighted by Gasteiger charge is 2.40. The van der Waals surface area contributed by atoms with Gasteiger partial charge in [0.2, 0.25) is 5.91 Å². The van der Waals surface area contributed by atoms with Crippen LogP contribution in [-0.4, -0.2) is 36.3 Å². The molecule has 1 fully saturated rings. The summed E-state index contributed by atoms with van der Waals surface area (Å²) in [6.45, 7) is 3.10. The monoisotopic (exact) mass is 386 g/mol. The topological polar surface area (TPSA) is 49.4 Å². The molecule has 28 heavy (non-hydrogen) atoms. The summed E-state index contributed by atoms with van der Waals surface area (Å²) in [4.78, 5) is 27.1. The van der Waals surface area contributed by atoms with Gasteiger partial charge in [0.15, 0.2) is 0 Å². The molecule has 0 spiro atoms. The smallest absolute Gasteiger partial charge is 0.256 e. The lowest BCUT2D eigenvalue weighted by molar-refractivity contribution is -0.124. The number of hydrogen-bond acceptors (Lipinski definition) is 2. The molecule has 2 amide bonds. The molecule has 0 aliphatic carbocycles. The molecule has 2 aromatic rings. The number of rotatable bonds is 6. The van der Waals surface area contributed by atoms with Crippen LogP contribution in [0.15, 0.2) is 48.5 Å². The molecule has 0 saturated carbocycles. The van der Waals surface area contributed by atoms with Crippen LogP contribution in [0, 0.1) is 17.6 Å². The fraction of sp³-hybridized carbons (Fsp3) is 0.364. The second-order valence-electron chi connectivity index (χ2n) is 7.10. The Bertz CT molecular complexity index is 839. The molecular weight excluding hydrogens is 362 g/mol. The first kappa shape index (κ1) is 20.0. The third kappa shape index (κ3) is 4.38. The minimum absolute atomic E-state index is 0.00704. The summed E-state index contributed by atoms with van der Waals surface area (Å²) >= 11 is 0. The highest BCUT2D eigenvalue weighted by Crippen LogP contribution is 2.34. The number of likely N-dealkylation sites (tertiary alicyclic amines) is 1. The van der Waals surface area contributed by atoms with Crippen molar-refractivity contribution in [3.8, 4) is 0 Å². The Labute approximate surface area is 163 Å². The second kappa shape index (κ2) is 8.95. The van der Waals surface area contributed by atoms with Crippen molar-refractivity contribution in [2.75, 3.05) is 19.6 Å². The predicted molar refractivity (Wildman–Crippen MR) is 103 cm³/mol. The van der Waals surface area contributed by atoms with Crippen molar-refractivity contribution < 1.29 is 18.4 Å². The van der Waals surface area contributed by atoms with Gasteiger partial charge in [-0.15, -0.1) is 0 Å². The van der Waals surface area contributed by atoms with Gasteiger partial charge < -0.3 is 10.2 Å². The molecule has 3 rings (SSSR count). The van der Waals surface area contributed by atoms with Crippen LogP contribution in [0.3, 0.4) is 0 Å². The van der Waals surface area contributed by atoms with Crippen molar-refractivity contribution in [2.45, 2.75) is 25.7 Å². The van der Waals surface area contributed by atoms with Gasteiger partial charge in [0.1, 0.15) is 11.6 Å². The average Bonchev–Trinajstić information content (AvgIpc) is 3.14. The number of nitrogens with zero attached hydrogens (tertiary/aromatic N) is 1. The Morgan fingerprint density at radius 1 is 1.07 bits per heavy atom. The van der Waals surface area contributed by atoms with Crippen molar-refractivity contribution in [3.63, 3.8) is 0 Å². The zero-order valence-corrected chi connectivity index (χ0v) is 15.8. The highest BCUT2D eigenvalue weighted by atomic mass is 19.1. The minimum atomic E-state index is -0.582. The lowest BCUT2D eigenvalue weighted by Crippen LogP contribution is -2.36. The van der Waals surface area contributed by atoms with Gasteiger partial charge in [-0.1, -0.05) is 37.6 Å². The number of unbranched alkanes of at least 4 members (excludes halogenated alkanes) is 1. The second-order valence-corrected chi connectivity index (χ2v) is 7.10. The fourth-order valence-electron chi connectivity index (χ4n) is 3.61. The first-order valence-corrected chi connectivity index (χ1v) is 9.58. The van der Waals surface area contributed by atoms with Crippen LogP contribution in [0.25, 0.3) is 0 Å². The molecule has 0 radical (unpaired) electrons. The number of halogens is 2. The molecule has 0 bridgehead atoms. The number of hydrogen-bond donors (Lipinski definition) is 1. The van der Waals surface area contributed by atoms with Crippen LogP contribution in [0.4, 0.5) is 8.78 Å². The molecule has 0 aromatic heterocycles. The molecule has 1 heterocycles. The maximum Gasteiger partial charge on any atom is 0.256 e. The van der Waals surface area contributed by atoms with Gasteiger partial charge in [-0.05, 0) is 36.2 Å². The lowest BCUT2D eigenvalue weighted by atomic mass is 9.88. The average molecular weight is 386 g/mol. The van der Waals surface area contributed by atoms with Crippen LogP contribution < -0.4 is 5.32 Å². The van der Waals surface area contributed by atoms with E-state index in [0.717, 1.165) is 18.4 Å². The Balaban J connectivity index is 1.83. The first-order chi connectivity index (χ1) is 13.5. The summed E-state index contributed by atoms with van der Waals surface area (Å²) in [5.74, 6) is -2.23. The van der Waals surface area contributed by atoms with E-state index in [-0.39, 0.29) is 36.3 Å². The first-order valence-electron chi connectivity index (χ1n) is 9.58. The predicted octanol–water partition coefficient (Wildman–Crippen LogP) is 3.74. The van der Waals surface area contributed by atoms with Crippen LogP contribution in [0.5, 0.6) is 0 Å². The summed E-state index contributed by atoms with van der Waals surface area (Å²) in [5, 5.41) is 2.92. The van der Waals surface area contributed by atoms with Gasteiger partial charge in [0, 0.05) is 25.6 Å². The van der Waals surface area contributed by atoms with Gasteiger partial charge >= 0.3 is 0 Å². The SMILES string of the molecule is CCCCNC(=O)[C@H]1CN(C(=O)c2ccccc2F)C[C@@H]1c1ccc(F)cc1. The Morgan fingerprint density at radius 2 is 1.79 bits per heavy atom. The Kier molecular flexibility index (Phi) is 6.39. The zero-order valence-electron chi connectivity index (χ0n) is 15.8. The van der Waals surface area contributed by atoms with Gasteiger partial charge in [-0.25, -0.2) is 8.78 Å². The third-order valence-corrected chi connectivity index (χ3v) is 5.18. The van der Waals surface area contributed by atoms with E-state index < -0.39 is 17.6 Å². The van der Waals surface area contributed by atoms with Crippen LogP contribution in [-0.2, 0) is 4.79 Å². The van der Waals surface area contributed by atoms with Crippen molar-refractivity contribution in [1.82, 2.24) is 10.2 Å². The van der Waals surface area contributed by atoms with Crippen molar-refractivity contribution in [3.05, 3.63) is 71.3 Å². The van der Waals surface area contributed by atoms with E-state index >= 15 is 0 Å². The molecule has 1 N–H and O–H groups in total. The van der Waals surface area contributed by atoms with E-state index in [1.165, 1.54) is 35.2 Å². The molecule has 1 saturated heterocycles. The van der Waals surface area contributed by atoms with E-state index in [2.05, 4.69) is 5.32 Å². The normalized spacial score (nSPS) is 18.9. The van der Waals surface area contributed by atoms with E-state index in [4.69, 9.17) is 0 Å². The van der Waals surface area contributed by atoms with E-state index in [1.807, 2.05) is 6.92 Å². The van der Waals surface area contributed by atoms with E-state index in [9.17, 15) is 18.4 Å². The molecule has 148 valence electrons.